The Morgan fingerprint density at radius 2 is 1.78 bits per heavy atom. The SMILES string of the molecule is CCOc1cc(N)c(-c2ccco2)cc1OCC. The van der Waals surface area contributed by atoms with Crippen molar-refractivity contribution in [2.75, 3.05) is 18.9 Å². The monoisotopic (exact) mass is 247 g/mol. The van der Waals surface area contributed by atoms with Crippen molar-refractivity contribution in [2.24, 2.45) is 0 Å². The summed E-state index contributed by atoms with van der Waals surface area (Å²) in [4.78, 5) is 0. The van der Waals surface area contributed by atoms with Crippen molar-refractivity contribution in [3.63, 3.8) is 0 Å². The molecule has 96 valence electrons. The van der Waals surface area contributed by atoms with Gasteiger partial charge in [-0.1, -0.05) is 0 Å². The van der Waals surface area contributed by atoms with Gasteiger partial charge in [0.05, 0.1) is 19.5 Å². The quantitative estimate of drug-likeness (QED) is 0.823. The first-order valence-corrected chi connectivity index (χ1v) is 5.99. The van der Waals surface area contributed by atoms with Crippen molar-refractivity contribution in [3.8, 4) is 22.8 Å². The first-order valence-electron chi connectivity index (χ1n) is 5.99. The standard InChI is InChI=1S/C14H17NO3/c1-3-16-13-8-10(12-6-5-7-18-12)11(15)9-14(13)17-4-2/h5-9H,3-4,15H2,1-2H3. The summed E-state index contributed by atoms with van der Waals surface area (Å²) in [5.41, 5.74) is 7.43. The highest BCUT2D eigenvalue weighted by atomic mass is 16.5. The zero-order valence-electron chi connectivity index (χ0n) is 10.6. The van der Waals surface area contributed by atoms with E-state index < -0.39 is 0 Å². The molecule has 0 bridgehead atoms. The van der Waals surface area contributed by atoms with E-state index in [1.807, 2.05) is 32.0 Å². The Bertz CT molecular complexity index is 506. The van der Waals surface area contributed by atoms with E-state index in [2.05, 4.69) is 0 Å². The molecule has 0 saturated heterocycles. The Hall–Kier alpha value is -2.10. The minimum absolute atomic E-state index is 0.569. The Balaban J connectivity index is 2.46. The van der Waals surface area contributed by atoms with Crippen LogP contribution in [0.3, 0.4) is 0 Å². The maximum atomic E-state index is 6.01. The molecule has 0 aliphatic heterocycles. The predicted octanol–water partition coefficient (Wildman–Crippen LogP) is 3.33. The fourth-order valence-electron chi connectivity index (χ4n) is 1.76. The number of nitrogens with two attached hydrogens (primary N) is 1. The molecule has 2 N–H and O–H groups in total. The van der Waals surface area contributed by atoms with Gasteiger partial charge in [0, 0.05) is 17.3 Å². The average Bonchev–Trinajstić information content (AvgIpc) is 2.86. The fraction of sp³-hybridized carbons (Fsp3) is 0.286. The highest BCUT2D eigenvalue weighted by Gasteiger charge is 2.13. The van der Waals surface area contributed by atoms with Gasteiger partial charge in [0.25, 0.3) is 0 Å². The lowest BCUT2D eigenvalue weighted by Crippen LogP contribution is -2.00. The minimum atomic E-state index is 0.569. The van der Waals surface area contributed by atoms with Crippen LogP contribution in [0.1, 0.15) is 13.8 Å². The molecule has 0 radical (unpaired) electrons. The zero-order valence-corrected chi connectivity index (χ0v) is 10.6. The average molecular weight is 247 g/mol. The summed E-state index contributed by atoms with van der Waals surface area (Å²) in [6, 6.07) is 7.31. The van der Waals surface area contributed by atoms with Crippen molar-refractivity contribution in [1.29, 1.82) is 0 Å². The Labute approximate surface area is 106 Å². The lowest BCUT2D eigenvalue weighted by molar-refractivity contribution is 0.288. The van der Waals surface area contributed by atoms with Crippen LogP contribution in [0.2, 0.25) is 0 Å². The molecular weight excluding hydrogens is 230 g/mol. The van der Waals surface area contributed by atoms with Crippen LogP contribution in [0.25, 0.3) is 11.3 Å². The Morgan fingerprint density at radius 3 is 2.33 bits per heavy atom. The lowest BCUT2D eigenvalue weighted by Gasteiger charge is -2.13. The van der Waals surface area contributed by atoms with Gasteiger partial charge in [-0.2, -0.15) is 0 Å². The molecule has 0 saturated carbocycles. The molecule has 0 aliphatic rings. The van der Waals surface area contributed by atoms with Gasteiger partial charge in [-0.15, -0.1) is 0 Å². The molecule has 1 aromatic heterocycles. The molecule has 4 heteroatoms. The number of benzene rings is 1. The van der Waals surface area contributed by atoms with Crippen LogP contribution in [0.5, 0.6) is 11.5 Å². The van der Waals surface area contributed by atoms with Crippen LogP contribution in [-0.2, 0) is 0 Å². The van der Waals surface area contributed by atoms with Crippen LogP contribution in [0, 0.1) is 0 Å². The largest absolute Gasteiger partial charge is 0.490 e. The normalized spacial score (nSPS) is 10.3. The van der Waals surface area contributed by atoms with E-state index in [4.69, 9.17) is 19.6 Å². The van der Waals surface area contributed by atoms with E-state index in [9.17, 15) is 0 Å². The molecular formula is C14H17NO3. The van der Waals surface area contributed by atoms with Crippen molar-refractivity contribution < 1.29 is 13.9 Å². The van der Waals surface area contributed by atoms with Crippen LogP contribution in [0.15, 0.2) is 34.9 Å². The summed E-state index contributed by atoms with van der Waals surface area (Å²) < 4.78 is 16.4. The number of furan rings is 1. The van der Waals surface area contributed by atoms with Gasteiger partial charge >= 0.3 is 0 Å². The van der Waals surface area contributed by atoms with E-state index >= 15 is 0 Å². The van der Waals surface area contributed by atoms with Gasteiger partial charge in [-0.05, 0) is 32.0 Å². The number of hydrogen-bond donors (Lipinski definition) is 1. The van der Waals surface area contributed by atoms with E-state index in [1.54, 1.807) is 12.3 Å². The number of hydrogen-bond acceptors (Lipinski definition) is 4. The molecule has 0 atom stereocenters. The van der Waals surface area contributed by atoms with Gasteiger partial charge in [-0.3, -0.25) is 0 Å². The summed E-state index contributed by atoms with van der Waals surface area (Å²) in [6.07, 6.45) is 1.62. The number of rotatable bonds is 5. The predicted molar refractivity (Wildman–Crippen MR) is 70.9 cm³/mol. The maximum absolute atomic E-state index is 6.01. The molecule has 0 amide bonds. The van der Waals surface area contributed by atoms with Crippen molar-refractivity contribution >= 4 is 5.69 Å². The van der Waals surface area contributed by atoms with Gasteiger partial charge in [-0.25, -0.2) is 0 Å². The van der Waals surface area contributed by atoms with Crippen LogP contribution >= 0.6 is 0 Å². The molecule has 0 fully saturated rings. The van der Waals surface area contributed by atoms with Crippen LogP contribution in [0.4, 0.5) is 5.69 Å². The molecule has 0 unspecified atom stereocenters. The minimum Gasteiger partial charge on any atom is -0.490 e. The topological polar surface area (TPSA) is 57.6 Å². The third-order valence-corrected chi connectivity index (χ3v) is 2.50. The summed E-state index contributed by atoms with van der Waals surface area (Å²) in [7, 11) is 0. The number of anilines is 1. The smallest absolute Gasteiger partial charge is 0.163 e. The summed E-state index contributed by atoms with van der Waals surface area (Å²) in [6.45, 7) is 4.99. The van der Waals surface area contributed by atoms with Crippen molar-refractivity contribution in [1.82, 2.24) is 0 Å². The number of nitrogen functional groups attached to an aromatic ring is 1. The molecule has 0 spiro atoms. The number of ether oxygens (including phenoxy) is 2. The maximum Gasteiger partial charge on any atom is 0.163 e. The van der Waals surface area contributed by atoms with Crippen LogP contribution in [-0.4, -0.2) is 13.2 Å². The first kappa shape index (κ1) is 12.4. The second kappa shape index (κ2) is 5.49. The molecule has 18 heavy (non-hydrogen) atoms. The molecule has 0 aliphatic carbocycles. The van der Waals surface area contributed by atoms with Gasteiger partial charge in [0.1, 0.15) is 5.76 Å². The van der Waals surface area contributed by atoms with E-state index in [0.717, 1.165) is 11.3 Å². The fourth-order valence-corrected chi connectivity index (χ4v) is 1.76. The summed E-state index contributed by atoms with van der Waals surface area (Å²) in [5, 5.41) is 0. The zero-order chi connectivity index (χ0) is 13.0. The van der Waals surface area contributed by atoms with Crippen molar-refractivity contribution in [2.45, 2.75) is 13.8 Å². The summed E-state index contributed by atoms with van der Waals surface area (Å²) >= 11 is 0. The van der Waals surface area contributed by atoms with E-state index in [0.29, 0.717) is 30.4 Å². The van der Waals surface area contributed by atoms with E-state index in [-0.39, 0.29) is 0 Å². The molecule has 2 aromatic rings. The third-order valence-electron chi connectivity index (χ3n) is 2.50. The molecule has 1 aromatic carbocycles. The summed E-state index contributed by atoms with van der Waals surface area (Å²) in [5.74, 6) is 2.06. The van der Waals surface area contributed by atoms with E-state index in [1.165, 1.54) is 0 Å². The second-order valence-electron chi connectivity index (χ2n) is 3.73. The lowest BCUT2D eigenvalue weighted by atomic mass is 10.1. The van der Waals surface area contributed by atoms with Crippen LogP contribution < -0.4 is 15.2 Å². The van der Waals surface area contributed by atoms with Gasteiger partial charge in [0.15, 0.2) is 11.5 Å². The Morgan fingerprint density at radius 1 is 1.11 bits per heavy atom. The second-order valence-corrected chi connectivity index (χ2v) is 3.73. The van der Waals surface area contributed by atoms with Crippen molar-refractivity contribution in [3.05, 3.63) is 30.5 Å². The first-order chi connectivity index (χ1) is 8.76. The third kappa shape index (κ3) is 2.42. The highest BCUT2D eigenvalue weighted by molar-refractivity contribution is 5.76. The van der Waals surface area contributed by atoms with Gasteiger partial charge in [0.2, 0.25) is 0 Å². The van der Waals surface area contributed by atoms with Gasteiger partial charge < -0.3 is 19.6 Å². The molecule has 4 nitrogen and oxygen atoms in total. The molecule has 1 heterocycles. The molecule has 2 rings (SSSR count). The Kier molecular flexibility index (Phi) is 3.77. The highest BCUT2D eigenvalue weighted by Crippen LogP contribution is 2.37.